The first-order chi connectivity index (χ1) is 14.5. The van der Waals surface area contributed by atoms with Crippen molar-refractivity contribution in [1.29, 1.82) is 0 Å². The molecule has 0 radical (unpaired) electrons. The highest BCUT2D eigenvalue weighted by atomic mass is 16.4. The minimum absolute atomic E-state index is 0.0122. The van der Waals surface area contributed by atoms with Crippen molar-refractivity contribution in [2.24, 2.45) is 11.8 Å². The van der Waals surface area contributed by atoms with Crippen LogP contribution in [0.15, 0.2) is 48.5 Å². The van der Waals surface area contributed by atoms with Gasteiger partial charge in [0.05, 0.1) is 11.0 Å². The number of imidazole rings is 1. The third-order valence-corrected chi connectivity index (χ3v) is 5.78. The SMILES string of the molecule is Cc1ccc2nc(C[C@H]3CN(C(=O)Nc4ccccc4)CC[C@H]3CC(=O)O)[nH]c2c1. The summed E-state index contributed by atoms with van der Waals surface area (Å²) >= 11 is 0. The Kier molecular flexibility index (Phi) is 5.70. The summed E-state index contributed by atoms with van der Waals surface area (Å²) in [7, 11) is 0. The molecule has 1 aliphatic rings. The Morgan fingerprint density at radius 2 is 2.00 bits per heavy atom. The minimum atomic E-state index is -0.799. The van der Waals surface area contributed by atoms with Crippen LogP contribution in [0.3, 0.4) is 0 Å². The van der Waals surface area contributed by atoms with E-state index in [0.717, 1.165) is 28.1 Å². The summed E-state index contributed by atoms with van der Waals surface area (Å²) in [5.74, 6) is 0.0741. The lowest BCUT2D eigenvalue weighted by atomic mass is 9.81. The highest BCUT2D eigenvalue weighted by molar-refractivity contribution is 5.89. The van der Waals surface area contributed by atoms with E-state index < -0.39 is 5.97 Å². The number of aliphatic carboxylic acids is 1. The number of nitrogens with zero attached hydrogens (tertiary/aromatic N) is 2. The molecule has 3 N–H and O–H groups in total. The molecule has 2 heterocycles. The first-order valence-electron chi connectivity index (χ1n) is 10.3. The normalized spacial score (nSPS) is 19.0. The standard InChI is InChI=1S/C23H26N4O3/c1-15-7-8-19-20(11-15)26-21(25-19)12-17-14-27(10-9-16(17)13-22(28)29)23(30)24-18-5-3-2-4-6-18/h2-8,11,16-17H,9-10,12-14H2,1H3,(H,24,30)(H,25,26)(H,28,29)/t16-,17-/m0/s1. The van der Waals surface area contributed by atoms with Gasteiger partial charge in [0.1, 0.15) is 5.82 Å². The van der Waals surface area contributed by atoms with Gasteiger partial charge in [0.25, 0.3) is 0 Å². The molecule has 0 saturated carbocycles. The van der Waals surface area contributed by atoms with Gasteiger partial charge < -0.3 is 20.3 Å². The molecule has 1 fully saturated rings. The van der Waals surface area contributed by atoms with Gasteiger partial charge in [-0.3, -0.25) is 4.79 Å². The monoisotopic (exact) mass is 406 g/mol. The predicted molar refractivity (Wildman–Crippen MR) is 115 cm³/mol. The molecule has 3 aromatic rings. The Hall–Kier alpha value is -3.35. The first-order valence-corrected chi connectivity index (χ1v) is 10.3. The molecule has 4 rings (SSSR count). The fourth-order valence-electron chi connectivity index (χ4n) is 4.23. The van der Waals surface area contributed by atoms with Crippen molar-refractivity contribution in [1.82, 2.24) is 14.9 Å². The van der Waals surface area contributed by atoms with Crippen molar-refractivity contribution in [3.05, 3.63) is 59.9 Å². The van der Waals surface area contributed by atoms with Crippen LogP contribution >= 0.6 is 0 Å². The van der Waals surface area contributed by atoms with Crippen LogP contribution in [-0.2, 0) is 11.2 Å². The van der Waals surface area contributed by atoms with Gasteiger partial charge in [0, 0.05) is 31.6 Å². The Balaban J connectivity index is 1.50. The number of hydrogen-bond donors (Lipinski definition) is 3. The number of aryl methyl sites for hydroxylation is 1. The third kappa shape index (κ3) is 4.62. The van der Waals surface area contributed by atoms with Crippen LogP contribution in [0.2, 0.25) is 0 Å². The number of carboxylic acids is 1. The number of aromatic amines is 1. The minimum Gasteiger partial charge on any atom is -0.481 e. The zero-order valence-electron chi connectivity index (χ0n) is 17.0. The number of H-pyrrole nitrogens is 1. The molecule has 7 heteroatoms. The van der Waals surface area contributed by atoms with Crippen molar-refractivity contribution in [2.75, 3.05) is 18.4 Å². The smallest absolute Gasteiger partial charge is 0.321 e. The summed E-state index contributed by atoms with van der Waals surface area (Å²) in [6.07, 6.45) is 1.39. The first kappa shape index (κ1) is 19.9. The fourth-order valence-corrected chi connectivity index (χ4v) is 4.23. The number of amides is 2. The van der Waals surface area contributed by atoms with E-state index in [1.54, 1.807) is 4.90 Å². The summed E-state index contributed by atoms with van der Waals surface area (Å²) in [6.45, 7) is 3.09. The molecule has 2 aromatic carbocycles. The number of urea groups is 1. The zero-order valence-corrected chi connectivity index (χ0v) is 17.0. The van der Waals surface area contributed by atoms with Gasteiger partial charge >= 0.3 is 12.0 Å². The van der Waals surface area contributed by atoms with Gasteiger partial charge in [0.15, 0.2) is 0 Å². The second-order valence-corrected chi connectivity index (χ2v) is 8.06. The quantitative estimate of drug-likeness (QED) is 0.595. The molecule has 30 heavy (non-hydrogen) atoms. The number of para-hydroxylation sites is 1. The number of piperidine rings is 1. The van der Waals surface area contributed by atoms with E-state index in [2.05, 4.69) is 21.4 Å². The van der Waals surface area contributed by atoms with Crippen LogP contribution < -0.4 is 5.32 Å². The summed E-state index contributed by atoms with van der Waals surface area (Å²) in [6, 6.07) is 15.3. The van der Waals surface area contributed by atoms with E-state index in [4.69, 9.17) is 0 Å². The fraction of sp³-hybridized carbons (Fsp3) is 0.348. The van der Waals surface area contributed by atoms with Crippen LogP contribution in [0.1, 0.15) is 24.2 Å². The highest BCUT2D eigenvalue weighted by Gasteiger charge is 2.33. The van der Waals surface area contributed by atoms with E-state index in [0.29, 0.717) is 25.9 Å². The van der Waals surface area contributed by atoms with Gasteiger partial charge in [-0.1, -0.05) is 24.3 Å². The van der Waals surface area contributed by atoms with Crippen LogP contribution in [0.25, 0.3) is 11.0 Å². The maximum absolute atomic E-state index is 12.7. The van der Waals surface area contributed by atoms with Gasteiger partial charge in [-0.2, -0.15) is 0 Å². The maximum atomic E-state index is 12.7. The van der Waals surface area contributed by atoms with Gasteiger partial charge in [0.2, 0.25) is 0 Å². The Morgan fingerprint density at radius 1 is 1.20 bits per heavy atom. The van der Waals surface area contributed by atoms with Gasteiger partial charge in [-0.25, -0.2) is 9.78 Å². The molecule has 2 atom stereocenters. The second-order valence-electron chi connectivity index (χ2n) is 8.06. The maximum Gasteiger partial charge on any atom is 0.321 e. The second kappa shape index (κ2) is 8.57. The van der Waals surface area contributed by atoms with Crippen LogP contribution in [0.4, 0.5) is 10.5 Å². The zero-order chi connectivity index (χ0) is 21.1. The van der Waals surface area contributed by atoms with Crippen molar-refractivity contribution < 1.29 is 14.7 Å². The van der Waals surface area contributed by atoms with Crippen molar-refractivity contribution in [3.63, 3.8) is 0 Å². The molecule has 0 spiro atoms. The number of rotatable bonds is 5. The topological polar surface area (TPSA) is 98.3 Å². The summed E-state index contributed by atoms with van der Waals surface area (Å²) in [5, 5.41) is 12.3. The lowest BCUT2D eigenvalue weighted by Gasteiger charge is -2.37. The summed E-state index contributed by atoms with van der Waals surface area (Å²) in [4.78, 5) is 34.0. The van der Waals surface area contributed by atoms with Crippen molar-refractivity contribution in [3.8, 4) is 0 Å². The molecule has 2 amide bonds. The molecule has 0 bridgehead atoms. The third-order valence-electron chi connectivity index (χ3n) is 5.78. The number of nitrogens with one attached hydrogen (secondary N) is 2. The van der Waals surface area contributed by atoms with E-state index in [-0.39, 0.29) is 24.3 Å². The predicted octanol–water partition coefficient (Wildman–Crippen LogP) is 4.06. The van der Waals surface area contributed by atoms with Crippen molar-refractivity contribution in [2.45, 2.75) is 26.2 Å². The van der Waals surface area contributed by atoms with Gasteiger partial charge in [-0.15, -0.1) is 0 Å². The number of fused-ring (bicyclic) bond motifs is 1. The summed E-state index contributed by atoms with van der Waals surface area (Å²) in [5.41, 5.74) is 3.79. The largest absolute Gasteiger partial charge is 0.481 e. The number of anilines is 1. The van der Waals surface area contributed by atoms with Crippen LogP contribution in [-0.4, -0.2) is 45.1 Å². The highest BCUT2D eigenvalue weighted by Crippen LogP contribution is 2.30. The molecule has 7 nitrogen and oxygen atoms in total. The number of aromatic nitrogens is 2. The van der Waals surface area contributed by atoms with E-state index in [1.807, 2.05) is 49.4 Å². The summed E-state index contributed by atoms with van der Waals surface area (Å²) < 4.78 is 0. The number of benzene rings is 2. The number of carboxylic acid groups (broad SMARTS) is 1. The van der Waals surface area contributed by atoms with E-state index in [9.17, 15) is 14.7 Å². The average Bonchev–Trinajstić information content (AvgIpc) is 3.11. The van der Waals surface area contributed by atoms with Crippen molar-refractivity contribution >= 4 is 28.7 Å². The molecule has 0 aliphatic carbocycles. The molecular formula is C23H26N4O3. The molecule has 1 aliphatic heterocycles. The van der Waals surface area contributed by atoms with Crippen LogP contribution in [0.5, 0.6) is 0 Å². The van der Waals surface area contributed by atoms with Gasteiger partial charge in [-0.05, 0) is 55.0 Å². The van der Waals surface area contributed by atoms with E-state index >= 15 is 0 Å². The molecule has 1 saturated heterocycles. The molecular weight excluding hydrogens is 380 g/mol. The lowest BCUT2D eigenvalue weighted by molar-refractivity contribution is -0.139. The lowest BCUT2D eigenvalue weighted by Crippen LogP contribution is -2.46. The van der Waals surface area contributed by atoms with Crippen LogP contribution in [0, 0.1) is 18.8 Å². The average molecular weight is 406 g/mol. The number of carbonyl (C=O) groups excluding carboxylic acids is 1. The Bertz CT molecular complexity index is 1050. The molecule has 1 aromatic heterocycles. The number of carbonyl (C=O) groups is 2. The number of likely N-dealkylation sites (tertiary alicyclic amines) is 1. The molecule has 156 valence electrons. The number of hydrogen-bond acceptors (Lipinski definition) is 3. The molecule has 0 unspecified atom stereocenters. The Labute approximate surface area is 175 Å². The Morgan fingerprint density at radius 3 is 2.77 bits per heavy atom. The van der Waals surface area contributed by atoms with E-state index in [1.165, 1.54) is 0 Å².